The third-order valence-corrected chi connectivity index (χ3v) is 7.71. The Morgan fingerprint density at radius 2 is 1.03 bits per heavy atom. The summed E-state index contributed by atoms with van der Waals surface area (Å²) in [7, 11) is 0. The number of rotatable bonds is 0. The van der Waals surface area contributed by atoms with Crippen LogP contribution in [-0.4, -0.2) is 0 Å². The molecule has 0 heterocycles. The lowest BCUT2D eigenvalue weighted by Gasteiger charge is -2.19. The molecule has 0 fully saturated rings. The van der Waals surface area contributed by atoms with Gasteiger partial charge in [-0.15, -0.1) is 0 Å². The quantitative estimate of drug-likeness (QED) is 0.225. The van der Waals surface area contributed by atoms with E-state index in [9.17, 15) is 0 Å². The summed E-state index contributed by atoms with van der Waals surface area (Å²) in [6, 6.07) is 39.7. The average Bonchev–Trinajstić information content (AvgIpc) is 3.48. The highest BCUT2D eigenvalue weighted by Crippen LogP contribution is 2.43. The largest absolute Gasteiger partial charge is 0.0620 e. The molecular weight excluding hydrogens is 408 g/mol. The predicted molar refractivity (Wildman–Crippen MR) is 143 cm³/mol. The zero-order valence-electron chi connectivity index (χ0n) is 19.2. The second-order valence-electron chi connectivity index (χ2n) is 9.62. The second-order valence-corrected chi connectivity index (χ2v) is 9.62. The maximum Gasteiger partial charge on any atom is -0.00132 e. The SMILES string of the molecule is c1ccc2c(c1)CCC1=C2c2ccccc2C1.c1ccc2c(c1)Cc1ccc3ccccc3c1-2. The van der Waals surface area contributed by atoms with Crippen LogP contribution in [0.2, 0.25) is 0 Å². The summed E-state index contributed by atoms with van der Waals surface area (Å²) in [5.74, 6) is 0. The van der Waals surface area contributed by atoms with Gasteiger partial charge >= 0.3 is 0 Å². The van der Waals surface area contributed by atoms with Crippen LogP contribution in [0.3, 0.4) is 0 Å². The molecule has 0 bridgehead atoms. The number of aryl methyl sites for hydroxylation is 1. The van der Waals surface area contributed by atoms with Gasteiger partial charge in [-0.2, -0.15) is 0 Å². The normalized spacial score (nSPS) is 14.5. The van der Waals surface area contributed by atoms with Gasteiger partial charge in [0.1, 0.15) is 0 Å². The summed E-state index contributed by atoms with van der Waals surface area (Å²) < 4.78 is 0. The lowest BCUT2D eigenvalue weighted by atomic mass is 9.85. The first-order chi connectivity index (χ1) is 16.9. The third-order valence-electron chi connectivity index (χ3n) is 7.71. The third kappa shape index (κ3) is 3.06. The van der Waals surface area contributed by atoms with Gasteiger partial charge in [0.2, 0.25) is 0 Å². The molecule has 8 rings (SSSR count). The molecule has 3 aliphatic rings. The fraction of sp³-hybridized carbons (Fsp3) is 0.118. The molecule has 0 aromatic heterocycles. The number of hydrogen-bond acceptors (Lipinski definition) is 0. The maximum absolute atomic E-state index is 2.28. The monoisotopic (exact) mass is 434 g/mol. The van der Waals surface area contributed by atoms with Crippen LogP contribution in [0, 0.1) is 0 Å². The Hall–Kier alpha value is -3.90. The van der Waals surface area contributed by atoms with E-state index < -0.39 is 0 Å². The van der Waals surface area contributed by atoms with Crippen molar-refractivity contribution < 1.29 is 0 Å². The van der Waals surface area contributed by atoms with E-state index in [0.717, 1.165) is 6.42 Å². The zero-order valence-corrected chi connectivity index (χ0v) is 19.2. The highest BCUT2D eigenvalue weighted by Gasteiger charge is 2.26. The number of fused-ring (bicyclic) bond motifs is 9. The van der Waals surface area contributed by atoms with Crippen LogP contribution in [0.5, 0.6) is 0 Å². The van der Waals surface area contributed by atoms with Crippen molar-refractivity contribution in [1.82, 2.24) is 0 Å². The van der Waals surface area contributed by atoms with Gasteiger partial charge in [-0.25, -0.2) is 0 Å². The van der Waals surface area contributed by atoms with Gasteiger partial charge in [0, 0.05) is 0 Å². The Kier molecular flexibility index (Phi) is 4.52. The highest BCUT2D eigenvalue weighted by atomic mass is 14.3. The van der Waals surface area contributed by atoms with E-state index in [4.69, 9.17) is 0 Å². The molecule has 0 atom stereocenters. The van der Waals surface area contributed by atoms with E-state index in [1.165, 1.54) is 80.1 Å². The molecule has 0 unspecified atom stereocenters. The molecule has 0 amide bonds. The smallest absolute Gasteiger partial charge is 0.00132 e. The van der Waals surface area contributed by atoms with Crippen LogP contribution in [0.15, 0.2) is 115 Å². The van der Waals surface area contributed by atoms with Crippen LogP contribution >= 0.6 is 0 Å². The lowest BCUT2D eigenvalue weighted by molar-refractivity contribution is 0.896. The first kappa shape index (κ1) is 19.6. The molecule has 3 aliphatic carbocycles. The molecular formula is C34H26. The molecule has 5 aromatic carbocycles. The van der Waals surface area contributed by atoms with Crippen molar-refractivity contribution in [3.8, 4) is 11.1 Å². The van der Waals surface area contributed by atoms with Crippen LogP contribution in [0.25, 0.3) is 27.5 Å². The molecule has 0 N–H and O–H groups in total. The topological polar surface area (TPSA) is 0 Å². The Labute approximate surface area is 201 Å². The van der Waals surface area contributed by atoms with Gasteiger partial charge in [-0.1, -0.05) is 115 Å². The minimum atomic E-state index is 1.08. The van der Waals surface area contributed by atoms with Crippen LogP contribution in [-0.2, 0) is 19.3 Å². The Morgan fingerprint density at radius 1 is 0.412 bits per heavy atom. The van der Waals surface area contributed by atoms with Crippen molar-refractivity contribution in [2.24, 2.45) is 0 Å². The number of benzene rings is 5. The summed E-state index contributed by atoms with van der Waals surface area (Å²) in [4.78, 5) is 0. The standard InChI is InChI=1S/C17H14.C17H12/c2*1-3-7-15-12(5-1)9-10-14-11-13-6-2-4-8-16(13)17(14)15/h1-8H,9-11H2;1-10H,11H2. The first-order valence-corrected chi connectivity index (χ1v) is 12.3. The molecule has 0 heteroatoms. The first-order valence-electron chi connectivity index (χ1n) is 12.3. The van der Waals surface area contributed by atoms with Gasteiger partial charge in [-0.05, 0) is 86.5 Å². The van der Waals surface area contributed by atoms with Gasteiger partial charge in [0.15, 0.2) is 0 Å². The van der Waals surface area contributed by atoms with Gasteiger partial charge < -0.3 is 0 Å². The fourth-order valence-electron chi connectivity index (χ4n) is 6.15. The maximum atomic E-state index is 2.28. The van der Waals surface area contributed by atoms with Gasteiger partial charge in [-0.3, -0.25) is 0 Å². The Morgan fingerprint density at radius 3 is 1.85 bits per heavy atom. The van der Waals surface area contributed by atoms with Crippen molar-refractivity contribution in [2.45, 2.75) is 25.7 Å². The molecule has 0 spiro atoms. The zero-order chi connectivity index (χ0) is 22.5. The number of allylic oxidation sites excluding steroid dienone is 1. The van der Waals surface area contributed by atoms with Gasteiger partial charge in [0.05, 0.1) is 0 Å². The second kappa shape index (κ2) is 7.85. The highest BCUT2D eigenvalue weighted by molar-refractivity contribution is 6.01. The van der Waals surface area contributed by atoms with E-state index in [0.29, 0.717) is 0 Å². The van der Waals surface area contributed by atoms with Gasteiger partial charge in [0.25, 0.3) is 0 Å². The summed E-state index contributed by atoms with van der Waals surface area (Å²) >= 11 is 0. The molecule has 0 saturated heterocycles. The summed E-state index contributed by atoms with van der Waals surface area (Å²) in [6.45, 7) is 0. The molecule has 34 heavy (non-hydrogen) atoms. The molecule has 0 aliphatic heterocycles. The predicted octanol–water partition coefficient (Wildman–Crippen LogP) is 8.40. The van der Waals surface area contributed by atoms with Crippen LogP contribution in [0.1, 0.15) is 39.8 Å². The van der Waals surface area contributed by atoms with E-state index in [1.807, 2.05) is 0 Å². The fourth-order valence-corrected chi connectivity index (χ4v) is 6.15. The van der Waals surface area contributed by atoms with E-state index in [-0.39, 0.29) is 0 Å². The number of hydrogen-bond donors (Lipinski definition) is 0. The van der Waals surface area contributed by atoms with Crippen molar-refractivity contribution in [3.05, 3.63) is 148 Å². The lowest BCUT2D eigenvalue weighted by Crippen LogP contribution is -2.02. The summed E-state index contributed by atoms with van der Waals surface area (Å²) in [5.41, 5.74) is 14.9. The van der Waals surface area contributed by atoms with Crippen molar-refractivity contribution in [2.75, 3.05) is 0 Å². The summed E-state index contributed by atoms with van der Waals surface area (Å²) in [5, 5.41) is 2.72. The molecule has 0 nitrogen and oxygen atoms in total. The molecule has 162 valence electrons. The van der Waals surface area contributed by atoms with E-state index >= 15 is 0 Å². The van der Waals surface area contributed by atoms with E-state index in [2.05, 4.69) is 109 Å². The Bertz CT molecular complexity index is 1600. The summed E-state index contributed by atoms with van der Waals surface area (Å²) in [6.07, 6.45) is 4.69. The molecule has 0 saturated carbocycles. The van der Waals surface area contributed by atoms with E-state index in [1.54, 1.807) is 5.57 Å². The molecule has 0 radical (unpaired) electrons. The van der Waals surface area contributed by atoms with Crippen molar-refractivity contribution >= 4 is 16.3 Å². The average molecular weight is 435 g/mol. The van der Waals surface area contributed by atoms with Crippen molar-refractivity contribution in [1.29, 1.82) is 0 Å². The van der Waals surface area contributed by atoms with Crippen molar-refractivity contribution in [3.63, 3.8) is 0 Å². The van der Waals surface area contributed by atoms with Crippen LogP contribution in [0.4, 0.5) is 0 Å². The molecule has 5 aromatic rings. The van der Waals surface area contributed by atoms with Crippen LogP contribution < -0.4 is 0 Å². The minimum Gasteiger partial charge on any atom is -0.0620 e. The minimum absolute atomic E-state index is 1.08. The Balaban J connectivity index is 0.000000118.